The Balaban J connectivity index is 2.16. The minimum absolute atomic E-state index is 0.0693. The standard InChI is InChI=1S/C10H13N3O2/c14-6-8-2-1-3-13(5-8)9-4-10(15)12-7-11-9/h4,6-8H,1-3,5H2,(H,11,12,15). The van der Waals surface area contributed by atoms with Crippen LogP contribution >= 0.6 is 0 Å². The number of rotatable bonds is 2. The van der Waals surface area contributed by atoms with Crippen LogP contribution in [-0.4, -0.2) is 29.3 Å². The summed E-state index contributed by atoms with van der Waals surface area (Å²) >= 11 is 0. The van der Waals surface area contributed by atoms with E-state index >= 15 is 0 Å². The molecule has 80 valence electrons. The summed E-state index contributed by atoms with van der Waals surface area (Å²) in [5.74, 6) is 0.727. The number of nitrogens with zero attached hydrogens (tertiary/aromatic N) is 2. The topological polar surface area (TPSA) is 66.1 Å². The maximum Gasteiger partial charge on any atom is 0.252 e. The van der Waals surface area contributed by atoms with Crippen molar-refractivity contribution in [2.24, 2.45) is 5.92 Å². The van der Waals surface area contributed by atoms with Crippen molar-refractivity contribution in [3.63, 3.8) is 0 Å². The zero-order chi connectivity index (χ0) is 10.7. The van der Waals surface area contributed by atoms with E-state index in [1.54, 1.807) is 0 Å². The average Bonchev–Trinajstić information content (AvgIpc) is 2.29. The van der Waals surface area contributed by atoms with Crippen molar-refractivity contribution in [2.45, 2.75) is 12.8 Å². The number of aldehydes is 1. The van der Waals surface area contributed by atoms with Gasteiger partial charge in [0, 0.05) is 25.1 Å². The molecule has 1 aliphatic rings. The number of anilines is 1. The second-order valence-corrected chi connectivity index (χ2v) is 3.75. The first-order valence-corrected chi connectivity index (χ1v) is 5.04. The van der Waals surface area contributed by atoms with Gasteiger partial charge in [-0.25, -0.2) is 4.98 Å². The molecule has 0 radical (unpaired) electrons. The normalized spacial score (nSPS) is 21.3. The second-order valence-electron chi connectivity index (χ2n) is 3.75. The third-order valence-electron chi connectivity index (χ3n) is 2.64. The number of aromatic nitrogens is 2. The molecule has 1 fully saturated rings. The van der Waals surface area contributed by atoms with Gasteiger partial charge >= 0.3 is 0 Å². The molecule has 1 aromatic heterocycles. The van der Waals surface area contributed by atoms with Crippen molar-refractivity contribution in [3.05, 3.63) is 22.7 Å². The zero-order valence-corrected chi connectivity index (χ0v) is 8.35. The van der Waals surface area contributed by atoms with Gasteiger partial charge in [-0.1, -0.05) is 0 Å². The van der Waals surface area contributed by atoms with Crippen LogP contribution < -0.4 is 10.5 Å². The molecule has 2 heterocycles. The smallest absolute Gasteiger partial charge is 0.252 e. The number of H-pyrrole nitrogens is 1. The molecule has 5 nitrogen and oxygen atoms in total. The molecular weight excluding hydrogens is 194 g/mol. The maximum atomic E-state index is 11.1. The third-order valence-corrected chi connectivity index (χ3v) is 2.64. The predicted molar refractivity (Wildman–Crippen MR) is 55.9 cm³/mol. The van der Waals surface area contributed by atoms with Gasteiger partial charge in [0.2, 0.25) is 0 Å². The quantitative estimate of drug-likeness (QED) is 0.703. The molecule has 1 N–H and O–H groups in total. The summed E-state index contributed by atoms with van der Waals surface area (Å²) in [4.78, 5) is 30.3. The van der Waals surface area contributed by atoms with Crippen LogP contribution in [-0.2, 0) is 4.79 Å². The van der Waals surface area contributed by atoms with Gasteiger partial charge in [-0.3, -0.25) is 4.79 Å². The Kier molecular flexibility index (Phi) is 2.80. The lowest BCUT2D eigenvalue weighted by Crippen LogP contribution is -2.37. The van der Waals surface area contributed by atoms with Crippen LogP contribution in [0.2, 0.25) is 0 Å². The summed E-state index contributed by atoms with van der Waals surface area (Å²) in [5.41, 5.74) is -0.159. The Bertz CT molecular complexity index is 402. The Hall–Kier alpha value is -1.65. The lowest BCUT2D eigenvalue weighted by molar-refractivity contribution is -0.111. The van der Waals surface area contributed by atoms with Crippen LogP contribution in [0.4, 0.5) is 5.82 Å². The molecule has 5 heteroatoms. The molecule has 1 unspecified atom stereocenters. The van der Waals surface area contributed by atoms with Gasteiger partial charge in [0.15, 0.2) is 0 Å². The molecule has 0 amide bonds. The van der Waals surface area contributed by atoms with Gasteiger partial charge in [-0.15, -0.1) is 0 Å². The summed E-state index contributed by atoms with van der Waals surface area (Å²) in [5, 5.41) is 0. The van der Waals surface area contributed by atoms with Gasteiger partial charge in [-0.2, -0.15) is 0 Å². The Morgan fingerprint density at radius 2 is 2.47 bits per heavy atom. The Morgan fingerprint density at radius 3 is 3.20 bits per heavy atom. The molecular formula is C10H13N3O2. The summed E-state index contributed by atoms with van der Waals surface area (Å²) in [6, 6.07) is 1.47. The first-order valence-electron chi connectivity index (χ1n) is 5.04. The largest absolute Gasteiger partial charge is 0.356 e. The molecule has 0 aliphatic carbocycles. The van der Waals surface area contributed by atoms with Crippen molar-refractivity contribution < 1.29 is 4.79 Å². The number of carbonyl (C=O) groups is 1. The van der Waals surface area contributed by atoms with E-state index in [9.17, 15) is 9.59 Å². The van der Waals surface area contributed by atoms with Crippen molar-refractivity contribution in [1.29, 1.82) is 0 Å². The molecule has 1 aromatic rings. The van der Waals surface area contributed by atoms with E-state index in [1.807, 2.05) is 4.90 Å². The van der Waals surface area contributed by atoms with Gasteiger partial charge in [0.1, 0.15) is 12.1 Å². The minimum atomic E-state index is -0.159. The number of nitrogens with one attached hydrogen (secondary N) is 1. The van der Waals surface area contributed by atoms with Crippen molar-refractivity contribution in [3.8, 4) is 0 Å². The number of piperidine rings is 1. The van der Waals surface area contributed by atoms with Crippen LogP contribution in [0.25, 0.3) is 0 Å². The minimum Gasteiger partial charge on any atom is -0.356 e. The molecule has 1 aliphatic heterocycles. The van der Waals surface area contributed by atoms with E-state index in [0.29, 0.717) is 12.4 Å². The molecule has 1 atom stereocenters. The van der Waals surface area contributed by atoms with Crippen molar-refractivity contribution >= 4 is 12.1 Å². The highest BCUT2D eigenvalue weighted by atomic mass is 16.1. The monoisotopic (exact) mass is 207 g/mol. The van der Waals surface area contributed by atoms with Crippen LogP contribution in [0.5, 0.6) is 0 Å². The first-order chi connectivity index (χ1) is 7.29. The molecule has 1 saturated heterocycles. The molecule has 0 spiro atoms. The van der Waals surface area contributed by atoms with E-state index in [-0.39, 0.29) is 11.5 Å². The SMILES string of the molecule is O=CC1CCCN(c2cc(=O)[nH]cn2)C1. The summed E-state index contributed by atoms with van der Waals surface area (Å²) in [6.45, 7) is 1.53. The highest BCUT2D eigenvalue weighted by Crippen LogP contribution is 2.18. The highest BCUT2D eigenvalue weighted by Gasteiger charge is 2.20. The summed E-state index contributed by atoms with van der Waals surface area (Å²) in [7, 11) is 0. The number of aromatic amines is 1. The first kappa shape index (κ1) is 9.89. The highest BCUT2D eigenvalue weighted by molar-refractivity contribution is 5.56. The number of hydrogen-bond donors (Lipinski definition) is 1. The van der Waals surface area contributed by atoms with E-state index in [1.165, 1.54) is 12.4 Å². The van der Waals surface area contributed by atoms with Gasteiger partial charge in [0.05, 0.1) is 6.33 Å². The third kappa shape index (κ3) is 2.23. The Labute approximate surface area is 87.1 Å². The van der Waals surface area contributed by atoms with Crippen LogP contribution in [0.3, 0.4) is 0 Å². The lowest BCUT2D eigenvalue weighted by atomic mass is 10.00. The molecule has 15 heavy (non-hydrogen) atoms. The van der Waals surface area contributed by atoms with Crippen molar-refractivity contribution in [2.75, 3.05) is 18.0 Å². The zero-order valence-electron chi connectivity index (χ0n) is 8.35. The number of hydrogen-bond acceptors (Lipinski definition) is 4. The molecule has 2 rings (SSSR count). The summed E-state index contributed by atoms with van der Waals surface area (Å²) in [6.07, 6.45) is 4.28. The van der Waals surface area contributed by atoms with E-state index in [0.717, 1.165) is 25.7 Å². The molecule has 0 saturated carbocycles. The van der Waals surface area contributed by atoms with E-state index in [2.05, 4.69) is 9.97 Å². The molecule has 0 bridgehead atoms. The van der Waals surface area contributed by atoms with Crippen LogP contribution in [0, 0.1) is 5.92 Å². The fourth-order valence-corrected chi connectivity index (χ4v) is 1.86. The lowest BCUT2D eigenvalue weighted by Gasteiger charge is -2.30. The van der Waals surface area contributed by atoms with Crippen molar-refractivity contribution in [1.82, 2.24) is 9.97 Å². The number of carbonyl (C=O) groups excluding carboxylic acids is 1. The Morgan fingerprint density at radius 1 is 1.60 bits per heavy atom. The van der Waals surface area contributed by atoms with Gasteiger partial charge < -0.3 is 14.7 Å². The summed E-state index contributed by atoms with van der Waals surface area (Å²) < 4.78 is 0. The predicted octanol–water partition coefficient (Wildman–Crippen LogP) is 0.185. The fourth-order valence-electron chi connectivity index (χ4n) is 1.86. The fraction of sp³-hybridized carbons (Fsp3) is 0.500. The van der Waals surface area contributed by atoms with Crippen LogP contribution in [0.1, 0.15) is 12.8 Å². The van der Waals surface area contributed by atoms with E-state index in [4.69, 9.17) is 0 Å². The molecule has 0 aromatic carbocycles. The van der Waals surface area contributed by atoms with Gasteiger partial charge in [-0.05, 0) is 12.8 Å². The van der Waals surface area contributed by atoms with Gasteiger partial charge in [0.25, 0.3) is 5.56 Å². The van der Waals surface area contributed by atoms with Crippen LogP contribution in [0.15, 0.2) is 17.2 Å². The maximum absolute atomic E-state index is 11.1. The van der Waals surface area contributed by atoms with E-state index < -0.39 is 0 Å². The second kappa shape index (κ2) is 4.25. The average molecular weight is 207 g/mol.